The fourth-order valence-corrected chi connectivity index (χ4v) is 4.31. The molecule has 4 rings (SSSR count). The predicted octanol–water partition coefficient (Wildman–Crippen LogP) is 5.31. The van der Waals surface area contributed by atoms with E-state index in [2.05, 4.69) is 15.5 Å². The molecule has 0 saturated heterocycles. The molecule has 1 amide bonds. The van der Waals surface area contributed by atoms with Crippen molar-refractivity contribution in [3.63, 3.8) is 0 Å². The molecule has 4 aromatic rings. The van der Waals surface area contributed by atoms with Crippen LogP contribution in [-0.2, 0) is 11.3 Å². The molecule has 2 heterocycles. The maximum absolute atomic E-state index is 12.8. The molecule has 0 atom stereocenters. The Morgan fingerprint density at radius 3 is 2.63 bits per heavy atom. The van der Waals surface area contributed by atoms with Crippen LogP contribution in [0.3, 0.4) is 0 Å². The van der Waals surface area contributed by atoms with Crippen molar-refractivity contribution >= 4 is 29.1 Å². The number of nitrogens with one attached hydrogen (secondary N) is 1. The van der Waals surface area contributed by atoms with Crippen LogP contribution in [0.1, 0.15) is 35.9 Å². The lowest BCUT2D eigenvalue weighted by atomic mass is 10.1. The Balaban J connectivity index is 1.50. The third-order valence-corrected chi connectivity index (χ3v) is 6.21. The highest BCUT2D eigenvalue weighted by molar-refractivity contribution is 7.99. The first-order valence-electron chi connectivity index (χ1n) is 11.2. The fourth-order valence-electron chi connectivity index (χ4n) is 3.48. The number of rotatable bonds is 11. The van der Waals surface area contributed by atoms with Gasteiger partial charge < -0.3 is 14.5 Å². The molecule has 35 heavy (non-hydrogen) atoms. The number of benzene rings is 2. The van der Waals surface area contributed by atoms with Crippen molar-refractivity contribution in [2.45, 2.75) is 31.5 Å². The minimum atomic E-state index is -0.0445. The first-order chi connectivity index (χ1) is 17.1. The molecule has 0 bridgehead atoms. The van der Waals surface area contributed by atoms with Crippen molar-refractivity contribution in [2.75, 3.05) is 18.2 Å². The van der Waals surface area contributed by atoms with Crippen LogP contribution in [0.5, 0.6) is 5.75 Å². The SMILES string of the molecule is CCCC(=O)Nc1ccc(C(=O)CSc2nnc(-c3cccc(OC)c3)n2Cc2ccco2)cc1. The van der Waals surface area contributed by atoms with Crippen LogP contribution in [0.15, 0.2) is 76.5 Å². The Morgan fingerprint density at radius 1 is 1.09 bits per heavy atom. The molecule has 0 aliphatic heterocycles. The molecule has 0 aliphatic carbocycles. The van der Waals surface area contributed by atoms with Crippen molar-refractivity contribution < 1.29 is 18.7 Å². The minimum Gasteiger partial charge on any atom is -0.497 e. The van der Waals surface area contributed by atoms with Crippen LogP contribution in [-0.4, -0.2) is 39.3 Å². The minimum absolute atomic E-state index is 0.0372. The van der Waals surface area contributed by atoms with Crippen LogP contribution in [0, 0.1) is 0 Å². The second kappa shape index (κ2) is 11.5. The van der Waals surface area contributed by atoms with Gasteiger partial charge in [-0.15, -0.1) is 10.2 Å². The summed E-state index contributed by atoms with van der Waals surface area (Å²) < 4.78 is 12.8. The molecule has 0 fully saturated rings. The molecule has 0 unspecified atom stereocenters. The molecule has 9 heteroatoms. The third-order valence-electron chi connectivity index (χ3n) is 5.24. The van der Waals surface area contributed by atoms with Crippen LogP contribution in [0.25, 0.3) is 11.4 Å². The zero-order valence-corrected chi connectivity index (χ0v) is 20.4. The number of methoxy groups -OCH3 is 1. The number of nitrogens with zero attached hydrogens (tertiary/aromatic N) is 3. The summed E-state index contributed by atoms with van der Waals surface area (Å²) in [6.45, 7) is 2.38. The van der Waals surface area contributed by atoms with Gasteiger partial charge in [0, 0.05) is 23.2 Å². The van der Waals surface area contributed by atoms with Crippen molar-refractivity contribution in [1.82, 2.24) is 14.8 Å². The van der Waals surface area contributed by atoms with E-state index in [0.29, 0.717) is 40.9 Å². The van der Waals surface area contributed by atoms with Crippen LogP contribution < -0.4 is 10.1 Å². The Kier molecular flexibility index (Phi) is 7.99. The molecule has 8 nitrogen and oxygen atoms in total. The van der Waals surface area contributed by atoms with E-state index in [1.807, 2.05) is 47.9 Å². The number of aromatic nitrogens is 3. The van der Waals surface area contributed by atoms with Crippen LogP contribution in [0.2, 0.25) is 0 Å². The average Bonchev–Trinajstić information content (AvgIpc) is 3.53. The van der Waals surface area contributed by atoms with Crippen molar-refractivity contribution in [3.8, 4) is 17.1 Å². The summed E-state index contributed by atoms with van der Waals surface area (Å²) >= 11 is 1.32. The molecule has 180 valence electrons. The lowest BCUT2D eigenvalue weighted by molar-refractivity contribution is -0.116. The van der Waals surface area contributed by atoms with E-state index in [0.717, 1.165) is 17.7 Å². The fraction of sp³-hybridized carbons (Fsp3) is 0.231. The van der Waals surface area contributed by atoms with Crippen LogP contribution in [0.4, 0.5) is 5.69 Å². The predicted molar refractivity (Wildman–Crippen MR) is 135 cm³/mol. The molecule has 1 N–H and O–H groups in total. The maximum Gasteiger partial charge on any atom is 0.224 e. The van der Waals surface area contributed by atoms with Crippen molar-refractivity contribution in [3.05, 3.63) is 78.3 Å². The van der Waals surface area contributed by atoms with E-state index >= 15 is 0 Å². The van der Waals surface area contributed by atoms with Gasteiger partial charge in [-0.25, -0.2) is 0 Å². The molecule has 0 aliphatic rings. The first-order valence-corrected chi connectivity index (χ1v) is 12.2. The lowest BCUT2D eigenvalue weighted by Gasteiger charge is -2.10. The number of ketones is 1. The van der Waals surface area contributed by atoms with Gasteiger partial charge in [0.1, 0.15) is 11.5 Å². The third kappa shape index (κ3) is 6.19. The second-order valence-corrected chi connectivity index (χ2v) is 8.73. The number of ether oxygens (including phenoxy) is 1. The Labute approximate surface area is 207 Å². The molecule has 0 radical (unpaired) electrons. The highest BCUT2D eigenvalue weighted by Gasteiger charge is 2.18. The molecular formula is C26H26N4O4S. The molecule has 0 saturated carbocycles. The van der Waals surface area contributed by atoms with E-state index in [9.17, 15) is 9.59 Å². The van der Waals surface area contributed by atoms with Gasteiger partial charge in [0.15, 0.2) is 16.8 Å². The normalized spacial score (nSPS) is 10.8. The number of hydrogen-bond acceptors (Lipinski definition) is 7. The number of Topliss-reactive ketones (excluding diaryl/α,β-unsaturated/α-hetero) is 1. The standard InChI is InChI=1S/C26H26N4O4S/c1-3-6-24(32)27-20-12-10-18(11-13-20)23(31)17-35-26-29-28-25(19-7-4-8-21(15-19)33-2)30(26)16-22-9-5-14-34-22/h4-5,7-15H,3,6,16-17H2,1-2H3,(H,27,32). The van der Waals surface area contributed by atoms with Crippen LogP contribution >= 0.6 is 11.8 Å². The van der Waals surface area contributed by atoms with Gasteiger partial charge in [-0.1, -0.05) is 30.8 Å². The Morgan fingerprint density at radius 2 is 1.91 bits per heavy atom. The largest absolute Gasteiger partial charge is 0.497 e. The van der Waals surface area contributed by atoms with E-state index in [4.69, 9.17) is 9.15 Å². The van der Waals surface area contributed by atoms with Gasteiger partial charge in [0.25, 0.3) is 0 Å². The monoisotopic (exact) mass is 490 g/mol. The van der Waals surface area contributed by atoms with E-state index in [-0.39, 0.29) is 17.4 Å². The summed E-state index contributed by atoms with van der Waals surface area (Å²) in [4.78, 5) is 24.6. The highest BCUT2D eigenvalue weighted by Crippen LogP contribution is 2.28. The maximum atomic E-state index is 12.8. The smallest absolute Gasteiger partial charge is 0.224 e. The summed E-state index contributed by atoms with van der Waals surface area (Å²) in [6.07, 6.45) is 2.87. The van der Waals surface area contributed by atoms with Gasteiger partial charge in [0.05, 0.1) is 25.7 Å². The van der Waals surface area contributed by atoms with E-state index < -0.39 is 0 Å². The van der Waals surface area contributed by atoms with Gasteiger partial charge in [0.2, 0.25) is 5.91 Å². The number of anilines is 1. The molecule has 2 aromatic heterocycles. The van der Waals surface area contributed by atoms with E-state index in [1.165, 1.54) is 11.8 Å². The summed E-state index contributed by atoms with van der Waals surface area (Å²) in [5.41, 5.74) is 2.09. The molecular weight excluding hydrogens is 464 g/mol. The zero-order valence-electron chi connectivity index (χ0n) is 19.6. The number of carbonyl (C=O) groups is 2. The number of furan rings is 1. The quantitative estimate of drug-likeness (QED) is 0.225. The first kappa shape index (κ1) is 24.3. The second-order valence-electron chi connectivity index (χ2n) is 7.79. The summed E-state index contributed by atoms with van der Waals surface area (Å²) in [6, 6.07) is 18.2. The number of thioether (sulfide) groups is 1. The zero-order chi connectivity index (χ0) is 24.6. The lowest BCUT2D eigenvalue weighted by Crippen LogP contribution is -2.11. The number of carbonyl (C=O) groups excluding carboxylic acids is 2. The molecule has 2 aromatic carbocycles. The van der Waals surface area contributed by atoms with Gasteiger partial charge in [-0.05, 0) is 55.0 Å². The van der Waals surface area contributed by atoms with Gasteiger partial charge in [-0.3, -0.25) is 14.2 Å². The highest BCUT2D eigenvalue weighted by atomic mass is 32.2. The van der Waals surface area contributed by atoms with E-state index in [1.54, 1.807) is 37.6 Å². The summed E-state index contributed by atoms with van der Waals surface area (Å²) in [5, 5.41) is 12.2. The molecule has 0 spiro atoms. The number of amides is 1. The summed E-state index contributed by atoms with van der Waals surface area (Å²) in [5.74, 6) is 2.23. The Bertz CT molecular complexity index is 1280. The average molecular weight is 491 g/mol. The Hall–Kier alpha value is -3.85. The summed E-state index contributed by atoms with van der Waals surface area (Å²) in [7, 11) is 1.62. The van der Waals surface area contributed by atoms with Gasteiger partial charge in [-0.2, -0.15) is 0 Å². The van der Waals surface area contributed by atoms with Crippen molar-refractivity contribution in [1.29, 1.82) is 0 Å². The number of hydrogen-bond donors (Lipinski definition) is 1. The topological polar surface area (TPSA) is 99.3 Å². The van der Waals surface area contributed by atoms with Gasteiger partial charge >= 0.3 is 0 Å². The van der Waals surface area contributed by atoms with Crippen molar-refractivity contribution in [2.24, 2.45) is 0 Å².